The lowest BCUT2D eigenvalue weighted by atomic mass is 10.8. The van der Waals surface area contributed by atoms with E-state index < -0.39 is 0 Å². The van der Waals surface area contributed by atoms with Crippen LogP contribution in [-0.2, 0) is 0 Å². The first-order valence-corrected chi connectivity index (χ1v) is 1.61. The van der Waals surface area contributed by atoms with Gasteiger partial charge in [-0.2, -0.15) is 0 Å². The Bertz CT molecular complexity index is 22.5. The lowest BCUT2D eigenvalue weighted by Crippen LogP contribution is -2.52. The molecule has 0 aromatic rings. The molecule has 1 rings (SSSR count). The zero-order valence-corrected chi connectivity index (χ0v) is 2.49. The minimum atomic E-state index is 0.333. The highest BCUT2D eigenvalue weighted by Gasteiger charge is 2.26. The number of nitrogens with one attached hydrogen (secondary N) is 1. The first-order valence-electron chi connectivity index (χ1n) is 1.61. The normalized spacial score (nSPS) is 26.2. The molecule has 1 aliphatic carbocycles. The van der Waals surface area contributed by atoms with E-state index in [2.05, 4.69) is 0 Å². The molecule has 0 aliphatic heterocycles. The van der Waals surface area contributed by atoms with Gasteiger partial charge in [0.1, 0.15) is 0 Å². The van der Waals surface area contributed by atoms with E-state index in [0.29, 0.717) is 6.04 Å². The van der Waals surface area contributed by atoms with Crippen molar-refractivity contribution in [3.63, 3.8) is 0 Å². The van der Waals surface area contributed by atoms with Gasteiger partial charge in [-0.15, -0.1) is 0 Å². The van der Waals surface area contributed by atoms with Gasteiger partial charge in [-0.1, -0.05) is 0 Å². The fraction of sp³-hybridized carbons (Fsp3) is 1.00. The molecule has 0 atom stereocenters. The summed E-state index contributed by atoms with van der Waals surface area (Å²) < 4.78 is 0. The highest BCUT2D eigenvalue weighted by molar-refractivity contribution is 4.67. The SMILES string of the molecule is [NH+]C1CC1. The topological polar surface area (TPSA) is 23.8 Å². The molecule has 2 radical (unpaired) electrons. The molecule has 0 heterocycles. The van der Waals surface area contributed by atoms with Gasteiger partial charge >= 0.3 is 0 Å². The fourth-order valence-electron chi connectivity index (χ4n) is 0.0833. The average Bonchev–Trinajstić information content (AvgIpc) is 1.75. The highest BCUT2D eigenvalue weighted by atomic mass is 14.7. The molecule has 1 heteroatoms. The smallest absolute Gasteiger partial charge is 0.0162 e. The summed E-state index contributed by atoms with van der Waals surface area (Å²) in [4.78, 5) is 0. The molecular weight excluding hydrogens is 50.0 g/mol. The maximum Gasteiger partial charge on any atom is 0.191 e. The van der Waals surface area contributed by atoms with E-state index in [1.807, 2.05) is 0 Å². The summed E-state index contributed by atoms with van der Waals surface area (Å²) in [6, 6.07) is 0.333. The molecule has 0 amide bonds. The summed E-state index contributed by atoms with van der Waals surface area (Å²) in [5, 5.41) is 0. The summed E-state index contributed by atoms with van der Waals surface area (Å²) in [5.74, 6) is 0. The number of hydrogen-bond acceptors (Lipinski definition) is 0. The van der Waals surface area contributed by atoms with E-state index in [9.17, 15) is 0 Å². The lowest BCUT2D eigenvalue weighted by Gasteiger charge is -1.36. The Hall–Kier alpha value is -0.0400. The molecule has 1 N–H and O–H groups in total. The second-order valence-corrected chi connectivity index (χ2v) is 1.27. The summed E-state index contributed by atoms with van der Waals surface area (Å²) in [6.07, 6.45) is 2.31. The Morgan fingerprint density at radius 1 is 1.50 bits per heavy atom. The Balaban J connectivity index is 2.17. The van der Waals surface area contributed by atoms with Crippen LogP contribution >= 0.6 is 0 Å². The van der Waals surface area contributed by atoms with Crippen molar-refractivity contribution in [3.05, 3.63) is 0 Å². The van der Waals surface area contributed by atoms with E-state index >= 15 is 0 Å². The maximum absolute atomic E-state index is 6.69. The summed E-state index contributed by atoms with van der Waals surface area (Å²) in [5.41, 5.74) is 6.69. The standard InChI is InChI=1S/C3H6N/c4-3-1-2-3/h3-4H,1-2H2/q+1. The van der Waals surface area contributed by atoms with Crippen molar-refractivity contribution in [3.8, 4) is 0 Å². The molecule has 1 fully saturated rings. The molecule has 1 nitrogen and oxygen atoms in total. The van der Waals surface area contributed by atoms with Crippen LogP contribution in [0.1, 0.15) is 12.8 Å². The Morgan fingerprint density at radius 2 is 1.75 bits per heavy atom. The molecule has 0 saturated heterocycles. The summed E-state index contributed by atoms with van der Waals surface area (Å²) >= 11 is 0. The zero-order chi connectivity index (χ0) is 2.99. The van der Waals surface area contributed by atoms with Crippen LogP contribution in [0.5, 0.6) is 0 Å². The van der Waals surface area contributed by atoms with Crippen molar-refractivity contribution in [2.45, 2.75) is 18.9 Å². The van der Waals surface area contributed by atoms with Crippen molar-refractivity contribution in [1.29, 1.82) is 0 Å². The van der Waals surface area contributed by atoms with Gasteiger partial charge in [0.15, 0.2) is 6.04 Å². The fourth-order valence-corrected chi connectivity index (χ4v) is 0.0833. The minimum Gasteiger partial charge on any atom is 0.0162 e. The second kappa shape index (κ2) is 0.462. The lowest BCUT2D eigenvalue weighted by molar-refractivity contribution is -0.384. The van der Waals surface area contributed by atoms with Crippen molar-refractivity contribution in [2.24, 2.45) is 0 Å². The van der Waals surface area contributed by atoms with Gasteiger partial charge in [-0.3, -0.25) is 0 Å². The third-order valence-corrected chi connectivity index (χ3v) is 0.577. The van der Waals surface area contributed by atoms with Gasteiger partial charge in [0.05, 0.1) is 0 Å². The van der Waals surface area contributed by atoms with Crippen molar-refractivity contribution < 1.29 is 5.73 Å². The van der Waals surface area contributed by atoms with Gasteiger partial charge in [0.25, 0.3) is 0 Å². The van der Waals surface area contributed by atoms with Gasteiger partial charge < -0.3 is 0 Å². The molecule has 1 saturated carbocycles. The van der Waals surface area contributed by atoms with E-state index in [0.717, 1.165) is 12.8 Å². The van der Waals surface area contributed by atoms with Crippen molar-refractivity contribution in [1.82, 2.24) is 0 Å². The molecule has 4 heavy (non-hydrogen) atoms. The van der Waals surface area contributed by atoms with Crippen molar-refractivity contribution >= 4 is 0 Å². The van der Waals surface area contributed by atoms with E-state index in [1.165, 1.54) is 0 Å². The van der Waals surface area contributed by atoms with Crippen LogP contribution in [-0.4, -0.2) is 6.04 Å². The predicted molar refractivity (Wildman–Crippen MR) is 14.0 cm³/mol. The molecule has 0 aromatic carbocycles. The van der Waals surface area contributed by atoms with Gasteiger partial charge in [0, 0.05) is 18.6 Å². The van der Waals surface area contributed by atoms with E-state index in [1.54, 1.807) is 0 Å². The zero-order valence-electron chi connectivity index (χ0n) is 2.49. The minimum absolute atomic E-state index is 0.333. The van der Waals surface area contributed by atoms with Gasteiger partial charge in [-0.05, 0) is 0 Å². The summed E-state index contributed by atoms with van der Waals surface area (Å²) in [7, 11) is 0. The largest absolute Gasteiger partial charge is 0.191 e. The number of hydrogen-bond donors (Lipinski definition) is 0. The molecule has 0 unspecified atom stereocenters. The Morgan fingerprint density at radius 3 is 1.75 bits per heavy atom. The number of rotatable bonds is 0. The van der Waals surface area contributed by atoms with Crippen LogP contribution in [0.3, 0.4) is 0 Å². The van der Waals surface area contributed by atoms with Gasteiger partial charge in [-0.25, -0.2) is 0 Å². The highest BCUT2D eigenvalue weighted by Crippen LogP contribution is 2.11. The first-order chi connectivity index (χ1) is 1.89. The molecule has 0 bridgehead atoms. The Kier molecular flexibility index (Phi) is 0.256. The quantitative estimate of drug-likeness (QED) is 0.338. The molecule has 0 spiro atoms. The van der Waals surface area contributed by atoms with Crippen LogP contribution < -0.4 is 5.73 Å². The van der Waals surface area contributed by atoms with Crippen LogP contribution in [0.15, 0.2) is 0 Å². The van der Waals surface area contributed by atoms with Gasteiger partial charge in [0.2, 0.25) is 0 Å². The monoisotopic (exact) mass is 56.0 g/mol. The van der Waals surface area contributed by atoms with Crippen LogP contribution in [0.2, 0.25) is 0 Å². The maximum atomic E-state index is 6.69. The van der Waals surface area contributed by atoms with Crippen LogP contribution in [0.25, 0.3) is 0 Å². The average molecular weight is 56.1 g/mol. The predicted octanol–water partition coefficient (Wildman–Crippen LogP) is -1.04. The van der Waals surface area contributed by atoms with E-state index in [-0.39, 0.29) is 0 Å². The third kappa shape index (κ3) is 0.206. The molecule has 1 aliphatic rings. The molecular formula is C3H6N+. The molecule has 0 aromatic heterocycles. The van der Waals surface area contributed by atoms with Crippen LogP contribution in [0.4, 0.5) is 0 Å². The van der Waals surface area contributed by atoms with Crippen LogP contribution in [0, 0.1) is 0 Å². The molecule has 22 valence electrons. The Labute approximate surface area is 25.8 Å². The van der Waals surface area contributed by atoms with E-state index in [4.69, 9.17) is 5.73 Å². The van der Waals surface area contributed by atoms with Crippen molar-refractivity contribution in [2.75, 3.05) is 0 Å². The second-order valence-electron chi connectivity index (χ2n) is 1.27. The third-order valence-electron chi connectivity index (χ3n) is 0.577. The summed E-state index contributed by atoms with van der Waals surface area (Å²) in [6.45, 7) is 0. The first kappa shape index (κ1) is 2.21.